The third kappa shape index (κ3) is 4.30. The van der Waals surface area contributed by atoms with E-state index in [1.807, 2.05) is 0 Å². The van der Waals surface area contributed by atoms with Crippen molar-refractivity contribution in [3.8, 4) is 5.75 Å². The van der Waals surface area contributed by atoms with Crippen LogP contribution in [0.1, 0.15) is 43.0 Å². The molecule has 5 nitrogen and oxygen atoms in total. The van der Waals surface area contributed by atoms with E-state index in [1.54, 1.807) is 11.9 Å². The monoisotopic (exact) mass is 358 g/mol. The first-order valence-corrected chi connectivity index (χ1v) is 8.27. The molecule has 7 heteroatoms. The van der Waals surface area contributed by atoms with Crippen LogP contribution >= 0.6 is 23.2 Å². The maximum absolute atomic E-state index is 12.6. The Kier molecular flexibility index (Phi) is 5.76. The van der Waals surface area contributed by atoms with Crippen LogP contribution in [0.2, 0.25) is 10.0 Å². The van der Waals surface area contributed by atoms with Gasteiger partial charge in [0.2, 0.25) is 5.91 Å². The number of nitrogens with one attached hydrogen (secondary N) is 1. The average molecular weight is 359 g/mol. The lowest BCUT2D eigenvalue weighted by molar-refractivity contribution is -0.119. The van der Waals surface area contributed by atoms with E-state index < -0.39 is 0 Å². The fourth-order valence-corrected chi connectivity index (χ4v) is 3.47. The first kappa shape index (κ1) is 17.9. The zero-order valence-electron chi connectivity index (χ0n) is 13.1. The number of benzene rings is 1. The predicted molar refractivity (Wildman–Crippen MR) is 90.1 cm³/mol. The Morgan fingerprint density at radius 3 is 2.39 bits per heavy atom. The van der Waals surface area contributed by atoms with E-state index in [-0.39, 0.29) is 40.2 Å². The van der Waals surface area contributed by atoms with Crippen molar-refractivity contribution >= 4 is 35.0 Å². The van der Waals surface area contributed by atoms with E-state index in [0.717, 1.165) is 25.7 Å². The third-order valence-corrected chi connectivity index (χ3v) is 4.74. The first-order chi connectivity index (χ1) is 10.8. The molecule has 0 radical (unpaired) electrons. The zero-order valence-corrected chi connectivity index (χ0v) is 14.6. The summed E-state index contributed by atoms with van der Waals surface area (Å²) in [6, 6.07) is 3.05. The van der Waals surface area contributed by atoms with E-state index in [9.17, 15) is 14.7 Å². The molecular weight excluding hydrogens is 339 g/mol. The molecule has 1 saturated carbocycles. The van der Waals surface area contributed by atoms with Crippen molar-refractivity contribution in [2.75, 3.05) is 7.05 Å². The highest BCUT2D eigenvalue weighted by Crippen LogP contribution is 2.33. The number of aromatic hydroxyl groups is 1. The molecule has 1 aromatic carbocycles. The summed E-state index contributed by atoms with van der Waals surface area (Å²) >= 11 is 11.8. The first-order valence-electron chi connectivity index (χ1n) is 7.52. The van der Waals surface area contributed by atoms with E-state index in [0.29, 0.717) is 5.02 Å². The van der Waals surface area contributed by atoms with Gasteiger partial charge in [0.05, 0.1) is 10.6 Å². The summed E-state index contributed by atoms with van der Waals surface area (Å²) < 4.78 is 0. The minimum Gasteiger partial charge on any atom is -0.506 e. The van der Waals surface area contributed by atoms with Gasteiger partial charge in [0.15, 0.2) is 0 Å². The summed E-state index contributed by atoms with van der Waals surface area (Å²) in [7, 11) is 1.71. The lowest BCUT2D eigenvalue weighted by Crippen LogP contribution is -2.44. The van der Waals surface area contributed by atoms with Crippen LogP contribution < -0.4 is 5.32 Å². The second kappa shape index (κ2) is 7.41. The van der Waals surface area contributed by atoms with Gasteiger partial charge in [0.25, 0.3) is 5.91 Å². The minimum absolute atomic E-state index is 0.0311. The maximum Gasteiger partial charge on any atom is 0.257 e. The maximum atomic E-state index is 12.6. The number of rotatable bonds is 3. The molecule has 0 bridgehead atoms. The summed E-state index contributed by atoms with van der Waals surface area (Å²) in [6.45, 7) is 1.51. The molecule has 2 N–H and O–H groups in total. The second-order valence-corrected chi connectivity index (χ2v) is 6.75. The molecule has 1 aromatic rings. The van der Waals surface area contributed by atoms with Crippen LogP contribution in [0.15, 0.2) is 12.1 Å². The van der Waals surface area contributed by atoms with Crippen molar-refractivity contribution in [3.63, 3.8) is 0 Å². The molecule has 0 unspecified atom stereocenters. The minimum atomic E-state index is -0.310. The van der Waals surface area contributed by atoms with Crippen LogP contribution in [0.25, 0.3) is 0 Å². The number of halogens is 2. The van der Waals surface area contributed by atoms with Crippen LogP contribution in [0.4, 0.5) is 0 Å². The highest BCUT2D eigenvalue weighted by atomic mass is 35.5. The normalized spacial score (nSPS) is 20.9. The van der Waals surface area contributed by atoms with Gasteiger partial charge in [-0.15, -0.1) is 0 Å². The van der Waals surface area contributed by atoms with Gasteiger partial charge in [-0.3, -0.25) is 9.59 Å². The highest BCUT2D eigenvalue weighted by molar-refractivity contribution is 6.36. The number of amides is 2. The Hall–Kier alpha value is -1.46. The van der Waals surface area contributed by atoms with Gasteiger partial charge in [-0.25, -0.2) is 0 Å². The highest BCUT2D eigenvalue weighted by Gasteiger charge is 2.29. The molecule has 0 aliphatic heterocycles. The van der Waals surface area contributed by atoms with Crippen LogP contribution in [0, 0.1) is 0 Å². The fraction of sp³-hybridized carbons (Fsp3) is 0.500. The Morgan fingerprint density at radius 2 is 1.83 bits per heavy atom. The number of carbonyl (C=O) groups is 2. The van der Waals surface area contributed by atoms with Gasteiger partial charge in [-0.05, 0) is 37.8 Å². The standard InChI is InChI=1S/C16H20Cl2N2O3/c1-9(21)19-11-3-5-12(6-4-11)20(2)16(23)13-7-10(17)8-14(18)15(13)22/h7-8,11-12,22H,3-6H2,1-2H3,(H,19,21). The van der Waals surface area contributed by atoms with E-state index >= 15 is 0 Å². The molecule has 0 spiro atoms. The molecule has 0 atom stereocenters. The van der Waals surface area contributed by atoms with Crippen LogP contribution in [-0.4, -0.2) is 41.0 Å². The van der Waals surface area contributed by atoms with Crippen LogP contribution in [-0.2, 0) is 4.79 Å². The van der Waals surface area contributed by atoms with E-state index in [4.69, 9.17) is 23.2 Å². The number of carbonyl (C=O) groups excluding carboxylic acids is 2. The molecule has 1 aliphatic carbocycles. The molecule has 1 fully saturated rings. The molecule has 0 heterocycles. The molecule has 2 amide bonds. The lowest BCUT2D eigenvalue weighted by atomic mass is 9.90. The molecule has 0 saturated heterocycles. The second-order valence-electron chi connectivity index (χ2n) is 5.91. The van der Waals surface area contributed by atoms with Gasteiger partial charge in [-0.1, -0.05) is 23.2 Å². The van der Waals surface area contributed by atoms with Crippen molar-refractivity contribution in [1.29, 1.82) is 0 Å². The summed E-state index contributed by atoms with van der Waals surface area (Å²) in [5.74, 6) is -0.592. The molecular formula is C16H20Cl2N2O3. The number of hydrogen-bond donors (Lipinski definition) is 2. The van der Waals surface area contributed by atoms with Gasteiger partial charge in [0, 0.05) is 31.1 Å². The quantitative estimate of drug-likeness (QED) is 0.871. The number of phenols is 1. The largest absolute Gasteiger partial charge is 0.506 e. The van der Waals surface area contributed by atoms with Gasteiger partial charge < -0.3 is 15.3 Å². The molecule has 23 heavy (non-hydrogen) atoms. The Bertz CT molecular complexity index is 614. The number of hydrogen-bond acceptors (Lipinski definition) is 3. The van der Waals surface area contributed by atoms with Crippen molar-refractivity contribution in [2.45, 2.75) is 44.7 Å². The predicted octanol–water partition coefficient (Wildman–Crippen LogP) is 3.22. The van der Waals surface area contributed by atoms with Gasteiger partial charge in [0.1, 0.15) is 5.75 Å². The topological polar surface area (TPSA) is 69.6 Å². The van der Waals surface area contributed by atoms with Crippen molar-refractivity contribution in [3.05, 3.63) is 27.7 Å². The average Bonchev–Trinajstić information content (AvgIpc) is 2.49. The SMILES string of the molecule is CC(=O)NC1CCC(N(C)C(=O)c2cc(Cl)cc(Cl)c2O)CC1. The smallest absolute Gasteiger partial charge is 0.257 e. The summed E-state index contributed by atoms with van der Waals surface area (Å²) in [6.07, 6.45) is 3.23. The van der Waals surface area contributed by atoms with Gasteiger partial charge >= 0.3 is 0 Å². The van der Waals surface area contributed by atoms with Crippen LogP contribution in [0.5, 0.6) is 5.75 Å². The molecule has 0 aromatic heterocycles. The lowest BCUT2D eigenvalue weighted by Gasteiger charge is -2.35. The van der Waals surface area contributed by atoms with Crippen molar-refractivity contribution in [2.24, 2.45) is 0 Å². The number of phenolic OH excluding ortho intramolecular Hbond substituents is 1. The van der Waals surface area contributed by atoms with Crippen LogP contribution in [0.3, 0.4) is 0 Å². The number of nitrogens with zero attached hydrogens (tertiary/aromatic N) is 1. The summed E-state index contributed by atoms with van der Waals surface area (Å²) in [4.78, 5) is 25.3. The van der Waals surface area contributed by atoms with Gasteiger partial charge in [-0.2, -0.15) is 0 Å². The zero-order chi connectivity index (χ0) is 17.1. The summed E-state index contributed by atoms with van der Waals surface area (Å²) in [5.41, 5.74) is 0.106. The van der Waals surface area contributed by atoms with E-state index in [1.165, 1.54) is 19.1 Å². The van der Waals surface area contributed by atoms with Crippen molar-refractivity contribution < 1.29 is 14.7 Å². The Labute approximate surface area is 145 Å². The summed E-state index contributed by atoms with van der Waals surface area (Å²) in [5, 5.41) is 13.3. The molecule has 126 valence electrons. The fourth-order valence-electron chi connectivity index (χ4n) is 2.98. The Balaban J connectivity index is 2.05. The molecule has 2 rings (SSSR count). The van der Waals surface area contributed by atoms with Crippen molar-refractivity contribution in [1.82, 2.24) is 10.2 Å². The Morgan fingerprint density at radius 1 is 1.22 bits per heavy atom. The third-order valence-electron chi connectivity index (χ3n) is 4.23. The molecule has 1 aliphatic rings. The van der Waals surface area contributed by atoms with E-state index in [2.05, 4.69) is 5.32 Å².